The molecule has 0 spiro atoms. The van der Waals surface area contributed by atoms with Crippen molar-refractivity contribution in [3.8, 4) is 5.82 Å². The summed E-state index contributed by atoms with van der Waals surface area (Å²) in [6.45, 7) is 3.70. The molecule has 1 N–H and O–H groups in total. The zero-order chi connectivity index (χ0) is 13.8. The molecule has 6 nitrogen and oxygen atoms in total. The molecule has 0 aliphatic heterocycles. The average molecular weight is 261 g/mol. The van der Waals surface area contributed by atoms with Gasteiger partial charge in [0.2, 0.25) is 0 Å². The first-order valence-electron chi connectivity index (χ1n) is 5.98. The second-order valence-corrected chi connectivity index (χ2v) is 3.99. The van der Waals surface area contributed by atoms with Crippen LogP contribution in [0.4, 0.5) is 0 Å². The molecule has 2 aromatic rings. The van der Waals surface area contributed by atoms with E-state index in [4.69, 9.17) is 4.74 Å². The fourth-order valence-electron chi connectivity index (χ4n) is 1.69. The minimum atomic E-state index is -0.668. The Kier molecular flexibility index (Phi) is 3.91. The summed E-state index contributed by atoms with van der Waals surface area (Å²) in [7, 11) is 0. The van der Waals surface area contributed by atoms with Crippen LogP contribution < -0.4 is 0 Å². The van der Waals surface area contributed by atoms with Crippen molar-refractivity contribution < 1.29 is 14.6 Å². The molecule has 0 saturated heterocycles. The number of pyridine rings is 1. The zero-order valence-electron chi connectivity index (χ0n) is 10.8. The molecule has 2 rings (SSSR count). The normalized spacial score (nSPS) is 12.2. The third-order valence-corrected chi connectivity index (χ3v) is 2.58. The van der Waals surface area contributed by atoms with Gasteiger partial charge in [-0.1, -0.05) is 6.07 Å². The van der Waals surface area contributed by atoms with E-state index in [1.54, 1.807) is 32.2 Å². The Bertz CT molecular complexity index is 578. The Balaban J connectivity index is 2.36. The van der Waals surface area contributed by atoms with E-state index in [2.05, 4.69) is 10.1 Å². The van der Waals surface area contributed by atoms with Crippen molar-refractivity contribution in [2.75, 3.05) is 6.61 Å². The number of carbonyl (C=O) groups is 1. The van der Waals surface area contributed by atoms with Crippen molar-refractivity contribution in [1.29, 1.82) is 0 Å². The lowest BCUT2D eigenvalue weighted by Crippen LogP contribution is -2.06. The van der Waals surface area contributed by atoms with Gasteiger partial charge >= 0.3 is 5.97 Å². The molecule has 0 radical (unpaired) electrons. The van der Waals surface area contributed by atoms with Gasteiger partial charge in [0.15, 0.2) is 5.82 Å². The first-order chi connectivity index (χ1) is 9.13. The highest BCUT2D eigenvalue weighted by atomic mass is 16.5. The molecule has 0 bridgehead atoms. The van der Waals surface area contributed by atoms with E-state index < -0.39 is 12.1 Å². The molecule has 0 saturated carbocycles. The molecule has 2 aromatic heterocycles. The SMILES string of the molecule is CCOC(=O)c1cnn(-c2ncccc2C(C)O)c1. The number of carbonyl (C=O) groups excluding carboxylic acids is 1. The minimum Gasteiger partial charge on any atom is -0.462 e. The van der Waals surface area contributed by atoms with E-state index in [-0.39, 0.29) is 0 Å². The lowest BCUT2D eigenvalue weighted by Gasteiger charge is -2.09. The van der Waals surface area contributed by atoms with E-state index in [0.29, 0.717) is 23.6 Å². The van der Waals surface area contributed by atoms with Gasteiger partial charge < -0.3 is 9.84 Å². The van der Waals surface area contributed by atoms with Gasteiger partial charge in [0.05, 0.1) is 24.5 Å². The minimum absolute atomic E-state index is 0.312. The van der Waals surface area contributed by atoms with Gasteiger partial charge in [-0.2, -0.15) is 5.10 Å². The molecular formula is C13H15N3O3. The molecule has 2 heterocycles. The van der Waals surface area contributed by atoms with Crippen LogP contribution in [0.1, 0.15) is 35.9 Å². The summed E-state index contributed by atoms with van der Waals surface area (Å²) in [6, 6.07) is 3.50. The molecular weight excluding hydrogens is 246 g/mol. The maximum atomic E-state index is 11.6. The summed E-state index contributed by atoms with van der Waals surface area (Å²) in [6.07, 6.45) is 3.89. The van der Waals surface area contributed by atoms with Crippen LogP contribution in [0.2, 0.25) is 0 Å². The van der Waals surface area contributed by atoms with E-state index >= 15 is 0 Å². The second kappa shape index (κ2) is 5.62. The third-order valence-electron chi connectivity index (χ3n) is 2.58. The van der Waals surface area contributed by atoms with Crippen molar-refractivity contribution in [1.82, 2.24) is 14.8 Å². The lowest BCUT2D eigenvalue weighted by molar-refractivity contribution is 0.0526. The van der Waals surface area contributed by atoms with E-state index in [1.165, 1.54) is 17.1 Å². The summed E-state index contributed by atoms with van der Waals surface area (Å²) < 4.78 is 6.35. The number of ether oxygens (including phenoxy) is 1. The number of hydrogen-bond donors (Lipinski definition) is 1. The van der Waals surface area contributed by atoms with Crippen molar-refractivity contribution in [3.63, 3.8) is 0 Å². The number of hydrogen-bond acceptors (Lipinski definition) is 5. The number of aliphatic hydroxyl groups excluding tert-OH is 1. The zero-order valence-corrected chi connectivity index (χ0v) is 10.8. The molecule has 0 amide bonds. The molecule has 0 aliphatic carbocycles. The van der Waals surface area contributed by atoms with Gasteiger partial charge in [0, 0.05) is 18.0 Å². The smallest absolute Gasteiger partial charge is 0.341 e. The largest absolute Gasteiger partial charge is 0.462 e. The quantitative estimate of drug-likeness (QED) is 0.844. The summed E-state index contributed by atoms with van der Waals surface area (Å²) in [4.78, 5) is 15.7. The average Bonchev–Trinajstić information content (AvgIpc) is 2.88. The highest BCUT2D eigenvalue weighted by molar-refractivity contribution is 5.88. The predicted octanol–water partition coefficient (Wildman–Crippen LogP) is 1.50. The van der Waals surface area contributed by atoms with Crippen LogP contribution >= 0.6 is 0 Å². The number of nitrogens with zero attached hydrogens (tertiary/aromatic N) is 3. The highest BCUT2D eigenvalue weighted by Crippen LogP contribution is 2.18. The monoisotopic (exact) mass is 261 g/mol. The topological polar surface area (TPSA) is 77.2 Å². The first kappa shape index (κ1) is 13.2. The summed E-state index contributed by atoms with van der Waals surface area (Å²) in [5.41, 5.74) is 0.991. The fourth-order valence-corrected chi connectivity index (χ4v) is 1.69. The Morgan fingerprint density at radius 1 is 1.58 bits per heavy atom. The lowest BCUT2D eigenvalue weighted by atomic mass is 10.1. The Hall–Kier alpha value is -2.21. The maximum Gasteiger partial charge on any atom is 0.341 e. The molecule has 1 atom stereocenters. The first-order valence-corrected chi connectivity index (χ1v) is 5.98. The number of rotatable bonds is 4. The molecule has 1 unspecified atom stereocenters. The fraction of sp³-hybridized carbons (Fsp3) is 0.308. The number of esters is 1. The van der Waals surface area contributed by atoms with Crippen LogP contribution in [-0.2, 0) is 4.74 Å². The molecule has 0 aliphatic rings. The predicted molar refractivity (Wildman–Crippen MR) is 67.9 cm³/mol. The summed E-state index contributed by atoms with van der Waals surface area (Å²) >= 11 is 0. The van der Waals surface area contributed by atoms with Crippen molar-refractivity contribution >= 4 is 5.97 Å². The van der Waals surface area contributed by atoms with E-state index in [0.717, 1.165) is 0 Å². The van der Waals surface area contributed by atoms with Gasteiger partial charge in [-0.3, -0.25) is 0 Å². The highest BCUT2D eigenvalue weighted by Gasteiger charge is 2.14. The van der Waals surface area contributed by atoms with Crippen LogP contribution in [-0.4, -0.2) is 32.4 Å². The number of aliphatic hydroxyl groups is 1. The maximum absolute atomic E-state index is 11.6. The Labute approximate surface area is 110 Å². The van der Waals surface area contributed by atoms with Crippen LogP contribution in [0.5, 0.6) is 0 Å². The van der Waals surface area contributed by atoms with Crippen molar-refractivity contribution in [2.24, 2.45) is 0 Å². The Morgan fingerprint density at radius 2 is 2.37 bits per heavy atom. The summed E-state index contributed by atoms with van der Waals surface area (Å²) in [5, 5.41) is 13.8. The Morgan fingerprint density at radius 3 is 3.05 bits per heavy atom. The van der Waals surface area contributed by atoms with Crippen LogP contribution in [0, 0.1) is 0 Å². The van der Waals surface area contributed by atoms with Gasteiger partial charge in [-0.15, -0.1) is 0 Å². The van der Waals surface area contributed by atoms with Gasteiger partial charge in [-0.05, 0) is 19.9 Å². The van der Waals surface area contributed by atoms with E-state index in [1.807, 2.05) is 0 Å². The number of aromatic nitrogens is 3. The van der Waals surface area contributed by atoms with Crippen LogP contribution in [0.15, 0.2) is 30.7 Å². The van der Waals surface area contributed by atoms with Crippen LogP contribution in [0.25, 0.3) is 5.82 Å². The summed E-state index contributed by atoms with van der Waals surface area (Å²) in [5.74, 6) is 0.0660. The van der Waals surface area contributed by atoms with Gasteiger partial charge in [0.25, 0.3) is 0 Å². The molecule has 100 valence electrons. The van der Waals surface area contributed by atoms with E-state index in [9.17, 15) is 9.90 Å². The third kappa shape index (κ3) is 2.79. The molecule has 0 aromatic carbocycles. The van der Waals surface area contributed by atoms with Crippen molar-refractivity contribution in [3.05, 3.63) is 41.9 Å². The molecule has 6 heteroatoms. The molecule has 0 fully saturated rings. The van der Waals surface area contributed by atoms with Gasteiger partial charge in [0.1, 0.15) is 0 Å². The molecule has 19 heavy (non-hydrogen) atoms. The van der Waals surface area contributed by atoms with Crippen LogP contribution in [0.3, 0.4) is 0 Å². The van der Waals surface area contributed by atoms with Crippen molar-refractivity contribution in [2.45, 2.75) is 20.0 Å². The second-order valence-electron chi connectivity index (χ2n) is 3.99. The standard InChI is InChI=1S/C13H15N3O3/c1-3-19-13(18)10-7-15-16(8-10)12-11(9(2)17)5-4-6-14-12/h4-9,17H,3H2,1-2H3. The van der Waals surface area contributed by atoms with Gasteiger partial charge in [-0.25, -0.2) is 14.5 Å².